The first-order valence-corrected chi connectivity index (χ1v) is 10.2. The van der Waals surface area contributed by atoms with Gasteiger partial charge in [-0.15, -0.1) is 0 Å². The van der Waals surface area contributed by atoms with Gasteiger partial charge in [0.2, 0.25) is 0 Å². The number of rotatable bonds is 4. The number of methoxy groups -OCH3 is 2. The van der Waals surface area contributed by atoms with Crippen LogP contribution < -0.4 is 19.7 Å². The Bertz CT molecular complexity index is 983. The van der Waals surface area contributed by atoms with Gasteiger partial charge in [0.1, 0.15) is 17.3 Å². The highest BCUT2D eigenvalue weighted by Crippen LogP contribution is 2.31. The van der Waals surface area contributed by atoms with Crippen LogP contribution >= 0.6 is 23.8 Å². The molecule has 1 aromatic heterocycles. The predicted octanol–water partition coefficient (Wildman–Crippen LogP) is 3.83. The number of piperazine rings is 1. The molecule has 2 heterocycles. The van der Waals surface area contributed by atoms with Crippen LogP contribution in [-0.2, 0) is 0 Å². The Balaban J connectivity index is 1.40. The lowest BCUT2D eigenvalue weighted by Gasteiger charge is -2.36. The molecule has 1 aliphatic rings. The van der Waals surface area contributed by atoms with Gasteiger partial charge in [0, 0.05) is 37.6 Å². The summed E-state index contributed by atoms with van der Waals surface area (Å²) in [6, 6.07) is 14.0. The number of hydrogen-bond donors (Lipinski definition) is 1. The van der Waals surface area contributed by atoms with Gasteiger partial charge in [-0.3, -0.25) is 0 Å². The van der Waals surface area contributed by atoms with Crippen LogP contribution in [0.15, 0.2) is 42.5 Å². The van der Waals surface area contributed by atoms with Gasteiger partial charge in [0.05, 0.1) is 24.6 Å². The van der Waals surface area contributed by atoms with Gasteiger partial charge in [-0.2, -0.15) is 4.37 Å². The lowest BCUT2D eigenvalue weighted by molar-refractivity contribution is 0.388. The maximum absolute atomic E-state index is 5.64. The van der Waals surface area contributed by atoms with Gasteiger partial charge >= 0.3 is 0 Å². The molecule has 0 unspecified atom stereocenters. The molecule has 0 atom stereocenters. The molecule has 28 heavy (non-hydrogen) atoms. The van der Waals surface area contributed by atoms with Crippen LogP contribution in [0.1, 0.15) is 0 Å². The fraction of sp³-hybridized carbons (Fsp3) is 0.300. The summed E-state index contributed by atoms with van der Waals surface area (Å²) in [6.07, 6.45) is 0. The van der Waals surface area contributed by atoms with E-state index in [-0.39, 0.29) is 0 Å². The molecule has 1 aliphatic heterocycles. The predicted molar refractivity (Wildman–Crippen MR) is 119 cm³/mol. The third-order valence-corrected chi connectivity index (χ3v) is 6.05. The van der Waals surface area contributed by atoms with Gasteiger partial charge in [-0.1, -0.05) is 12.1 Å². The zero-order valence-electron chi connectivity index (χ0n) is 15.8. The summed E-state index contributed by atoms with van der Waals surface area (Å²) < 4.78 is 16.6. The largest absolute Gasteiger partial charge is 0.497 e. The summed E-state index contributed by atoms with van der Waals surface area (Å²) in [5.74, 6) is 2.53. The third kappa shape index (κ3) is 3.70. The van der Waals surface area contributed by atoms with Crippen LogP contribution in [0.4, 0.5) is 11.5 Å². The molecular formula is C20H22N4O2S2. The number of thiocarbonyl (C=S) groups is 1. The molecule has 6 nitrogen and oxygen atoms in total. The van der Waals surface area contributed by atoms with Crippen molar-refractivity contribution in [2.45, 2.75) is 0 Å². The number of nitrogens with zero attached hydrogens (tertiary/aromatic N) is 3. The first kappa shape index (κ1) is 18.8. The molecule has 8 heteroatoms. The number of benzene rings is 2. The smallest absolute Gasteiger partial charge is 0.173 e. The summed E-state index contributed by atoms with van der Waals surface area (Å²) in [5.41, 5.74) is 0.834. The highest BCUT2D eigenvalue weighted by molar-refractivity contribution is 7.80. The van der Waals surface area contributed by atoms with Crippen molar-refractivity contribution < 1.29 is 9.47 Å². The van der Waals surface area contributed by atoms with E-state index in [1.807, 2.05) is 18.2 Å². The van der Waals surface area contributed by atoms with Gasteiger partial charge in [-0.25, -0.2) is 0 Å². The third-order valence-electron chi connectivity index (χ3n) is 4.88. The molecule has 0 saturated carbocycles. The molecule has 0 bridgehead atoms. The van der Waals surface area contributed by atoms with Crippen molar-refractivity contribution in [2.75, 3.05) is 50.6 Å². The number of nitrogens with one attached hydrogen (secondary N) is 1. The van der Waals surface area contributed by atoms with Gasteiger partial charge in [0.15, 0.2) is 5.11 Å². The molecule has 0 radical (unpaired) electrons. The van der Waals surface area contributed by atoms with Crippen molar-refractivity contribution in [1.29, 1.82) is 0 Å². The van der Waals surface area contributed by atoms with Crippen molar-refractivity contribution >= 4 is 50.5 Å². The first-order valence-electron chi connectivity index (χ1n) is 9.07. The average Bonchev–Trinajstić information content (AvgIpc) is 3.18. The Labute approximate surface area is 173 Å². The topological polar surface area (TPSA) is 49.9 Å². The number of ether oxygens (including phenoxy) is 2. The molecule has 1 saturated heterocycles. The summed E-state index contributed by atoms with van der Waals surface area (Å²) in [6.45, 7) is 3.46. The molecule has 4 rings (SSSR count). The minimum Gasteiger partial charge on any atom is -0.497 e. The monoisotopic (exact) mass is 414 g/mol. The molecule has 1 fully saturated rings. The van der Waals surface area contributed by atoms with Crippen molar-refractivity contribution in [3.05, 3.63) is 42.5 Å². The summed E-state index contributed by atoms with van der Waals surface area (Å²) in [7, 11) is 3.28. The molecular weight excluding hydrogens is 392 g/mol. The SMILES string of the molecule is COc1ccc(NC(=S)N2CCN(c3nsc4ccccc34)CC2)c(OC)c1. The second-order valence-electron chi connectivity index (χ2n) is 6.47. The van der Waals surface area contributed by atoms with Crippen molar-refractivity contribution in [3.63, 3.8) is 0 Å². The van der Waals surface area contributed by atoms with Crippen molar-refractivity contribution in [1.82, 2.24) is 9.27 Å². The molecule has 2 aromatic carbocycles. The Morgan fingerprint density at radius 2 is 1.86 bits per heavy atom. The van der Waals surface area contributed by atoms with E-state index in [0.29, 0.717) is 10.9 Å². The van der Waals surface area contributed by atoms with E-state index in [2.05, 4.69) is 43.8 Å². The van der Waals surface area contributed by atoms with E-state index in [9.17, 15) is 0 Å². The Morgan fingerprint density at radius 3 is 2.61 bits per heavy atom. The maximum atomic E-state index is 5.64. The fourth-order valence-corrected chi connectivity index (χ4v) is 4.41. The van der Waals surface area contributed by atoms with E-state index in [1.54, 1.807) is 25.8 Å². The second-order valence-corrected chi connectivity index (χ2v) is 7.66. The molecule has 0 aliphatic carbocycles. The van der Waals surface area contributed by atoms with Crippen LogP contribution in [0.3, 0.4) is 0 Å². The first-order chi connectivity index (χ1) is 13.7. The number of anilines is 2. The lowest BCUT2D eigenvalue weighted by Crippen LogP contribution is -2.50. The quantitative estimate of drug-likeness (QED) is 0.651. The van der Waals surface area contributed by atoms with Crippen molar-refractivity contribution in [2.24, 2.45) is 0 Å². The van der Waals surface area contributed by atoms with E-state index in [4.69, 9.17) is 21.7 Å². The molecule has 3 aromatic rings. The van der Waals surface area contributed by atoms with Gasteiger partial charge in [-0.05, 0) is 48.0 Å². The number of fused-ring (bicyclic) bond motifs is 1. The Kier molecular flexibility index (Phi) is 5.50. The van der Waals surface area contributed by atoms with Crippen LogP contribution in [0, 0.1) is 0 Å². The van der Waals surface area contributed by atoms with E-state index in [0.717, 1.165) is 43.4 Å². The fourth-order valence-electron chi connectivity index (χ4n) is 3.32. The second kappa shape index (κ2) is 8.20. The zero-order chi connectivity index (χ0) is 19.5. The van der Waals surface area contributed by atoms with Gasteiger partial charge < -0.3 is 24.6 Å². The highest BCUT2D eigenvalue weighted by atomic mass is 32.1. The summed E-state index contributed by atoms with van der Waals surface area (Å²) >= 11 is 7.19. The highest BCUT2D eigenvalue weighted by Gasteiger charge is 2.22. The minimum atomic E-state index is 0.700. The maximum Gasteiger partial charge on any atom is 0.173 e. The molecule has 146 valence electrons. The lowest BCUT2D eigenvalue weighted by atomic mass is 10.2. The Hall–Kier alpha value is -2.58. The van der Waals surface area contributed by atoms with Crippen LogP contribution in [0.2, 0.25) is 0 Å². The molecule has 0 amide bonds. The van der Waals surface area contributed by atoms with E-state index in [1.165, 1.54) is 10.1 Å². The number of hydrogen-bond acceptors (Lipinski definition) is 6. The van der Waals surface area contributed by atoms with Crippen LogP contribution in [0.25, 0.3) is 10.1 Å². The van der Waals surface area contributed by atoms with Crippen molar-refractivity contribution in [3.8, 4) is 11.5 Å². The Morgan fingerprint density at radius 1 is 1.07 bits per heavy atom. The molecule has 0 spiro atoms. The summed E-state index contributed by atoms with van der Waals surface area (Å²) in [5, 5.41) is 5.23. The summed E-state index contributed by atoms with van der Waals surface area (Å²) in [4.78, 5) is 4.52. The average molecular weight is 415 g/mol. The normalized spacial score (nSPS) is 14.2. The molecule has 1 N–H and O–H groups in total. The van der Waals surface area contributed by atoms with Crippen LogP contribution in [-0.4, -0.2) is 54.8 Å². The van der Waals surface area contributed by atoms with Crippen LogP contribution in [0.5, 0.6) is 11.5 Å². The minimum absolute atomic E-state index is 0.700. The van der Waals surface area contributed by atoms with E-state index < -0.39 is 0 Å². The van der Waals surface area contributed by atoms with Gasteiger partial charge in [0.25, 0.3) is 0 Å². The zero-order valence-corrected chi connectivity index (χ0v) is 17.5. The van der Waals surface area contributed by atoms with E-state index >= 15 is 0 Å². The standard InChI is InChI=1S/C20H22N4O2S2/c1-25-14-7-8-16(17(13-14)26-2)21-20(27)24-11-9-23(10-12-24)19-15-5-3-4-6-18(15)28-22-19/h3-8,13H,9-12H2,1-2H3,(H,21,27). The number of aromatic nitrogens is 1.